The second-order valence-corrected chi connectivity index (χ2v) is 5.90. The number of hydrogen-bond acceptors (Lipinski definition) is 3. The maximum Gasteiger partial charge on any atom is 0.236 e. The number of aryl methyl sites for hydroxylation is 1. The second-order valence-electron chi connectivity index (χ2n) is 5.90. The number of nitrogens with zero attached hydrogens (tertiary/aromatic N) is 1. The van der Waals surface area contributed by atoms with E-state index in [1.807, 2.05) is 48.5 Å². The van der Waals surface area contributed by atoms with Crippen molar-refractivity contribution in [2.75, 3.05) is 0 Å². The van der Waals surface area contributed by atoms with Gasteiger partial charge in [0.1, 0.15) is 12.4 Å². The van der Waals surface area contributed by atoms with Crippen LogP contribution in [0.25, 0.3) is 10.8 Å². The zero-order chi connectivity index (χ0) is 17.6. The minimum atomic E-state index is -0.210. The summed E-state index contributed by atoms with van der Waals surface area (Å²) in [6.07, 6.45) is 1.63. The number of benzene rings is 3. The molecule has 0 heterocycles. The Morgan fingerprint density at radius 1 is 1.12 bits per heavy atom. The number of carbonyl (C=O) groups excluding carboxylic acids is 1. The van der Waals surface area contributed by atoms with Gasteiger partial charge in [-0.05, 0) is 29.3 Å². The molecule has 1 amide bonds. The molecule has 0 unspecified atom stereocenters. The molecule has 0 radical (unpaired) electrons. The van der Waals surface area contributed by atoms with Crippen molar-refractivity contribution in [1.82, 2.24) is 5.43 Å². The lowest BCUT2D eigenvalue weighted by atomic mass is 10.0. The molecule has 0 saturated heterocycles. The van der Waals surface area contributed by atoms with Crippen molar-refractivity contribution >= 4 is 22.9 Å². The van der Waals surface area contributed by atoms with E-state index in [0.717, 1.165) is 27.6 Å². The van der Waals surface area contributed by atoms with Gasteiger partial charge >= 0.3 is 0 Å². The Bertz CT molecular complexity index is 932. The van der Waals surface area contributed by atoms with Crippen LogP contribution in [0.5, 0.6) is 5.75 Å². The van der Waals surface area contributed by atoms with Gasteiger partial charge in [-0.2, -0.15) is 5.10 Å². The molecule has 126 valence electrons. The first-order valence-electron chi connectivity index (χ1n) is 8.13. The maximum absolute atomic E-state index is 11.1. The van der Waals surface area contributed by atoms with Gasteiger partial charge in [-0.25, -0.2) is 5.43 Å². The molecule has 25 heavy (non-hydrogen) atoms. The van der Waals surface area contributed by atoms with E-state index in [-0.39, 0.29) is 5.91 Å². The van der Waals surface area contributed by atoms with Crippen LogP contribution in [0.3, 0.4) is 0 Å². The van der Waals surface area contributed by atoms with Crippen molar-refractivity contribution in [2.45, 2.75) is 20.5 Å². The van der Waals surface area contributed by atoms with E-state index in [4.69, 9.17) is 4.74 Å². The van der Waals surface area contributed by atoms with E-state index in [1.54, 1.807) is 6.21 Å². The minimum absolute atomic E-state index is 0.210. The third-order valence-electron chi connectivity index (χ3n) is 3.82. The predicted molar refractivity (Wildman–Crippen MR) is 101 cm³/mol. The lowest BCUT2D eigenvalue weighted by molar-refractivity contribution is -0.118. The third kappa shape index (κ3) is 4.23. The fraction of sp³-hybridized carbons (Fsp3) is 0.143. The monoisotopic (exact) mass is 332 g/mol. The number of nitrogens with one attached hydrogen (secondary N) is 1. The van der Waals surface area contributed by atoms with Crippen LogP contribution >= 0.6 is 0 Å². The molecule has 4 nitrogen and oxygen atoms in total. The maximum atomic E-state index is 11.1. The highest BCUT2D eigenvalue weighted by Gasteiger charge is 2.08. The van der Waals surface area contributed by atoms with Gasteiger partial charge in [-0.15, -0.1) is 0 Å². The molecule has 4 heteroatoms. The summed E-state index contributed by atoms with van der Waals surface area (Å²) in [4.78, 5) is 11.1. The van der Waals surface area contributed by atoms with Gasteiger partial charge in [0.15, 0.2) is 0 Å². The fourth-order valence-electron chi connectivity index (χ4n) is 2.69. The Kier molecular flexibility index (Phi) is 5.09. The summed E-state index contributed by atoms with van der Waals surface area (Å²) in [7, 11) is 0. The van der Waals surface area contributed by atoms with E-state index in [1.165, 1.54) is 12.5 Å². The molecule has 1 N–H and O–H groups in total. The van der Waals surface area contributed by atoms with Crippen LogP contribution in [0.1, 0.15) is 23.6 Å². The molecule has 3 aromatic carbocycles. The lowest BCUT2D eigenvalue weighted by Gasteiger charge is -2.12. The molecule has 3 rings (SSSR count). The zero-order valence-corrected chi connectivity index (χ0v) is 14.3. The van der Waals surface area contributed by atoms with Crippen LogP contribution < -0.4 is 10.2 Å². The molecule has 0 fully saturated rings. The number of amides is 1. The second kappa shape index (κ2) is 7.62. The standard InChI is InChI=1S/C21H20N2O2/c1-15-6-5-7-17(12-15)14-25-21-11-10-18-8-3-4-9-19(18)20(21)13-22-23-16(2)24/h3-13H,14H2,1-2H3,(H,23,24)/b22-13-. The highest BCUT2D eigenvalue weighted by Crippen LogP contribution is 2.27. The van der Waals surface area contributed by atoms with E-state index in [9.17, 15) is 4.79 Å². The number of hydrogen-bond donors (Lipinski definition) is 1. The van der Waals surface area contributed by atoms with Crippen LogP contribution in [-0.2, 0) is 11.4 Å². The molecule has 0 spiro atoms. The molecule has 0 aliphatic carbocycles. The van der Waals surface area contributed by atoms with E-state index < -0.39 is 0 Å². The summed E-state index contributed by atoms with van der Waals surface area (Å²) in [6, 6.07) is 20.2. The summed E-state index contributed by atoms with van der Waals surface area (Å²) in [5, 5.41) is 6.14. The Balaban J connectivity index is 1.93. The summed E-state index contributed by atoms with van der Waals surface area (Å²) < 4.78 is 6.04. The Labute approximate surface area is 147 Å². The summed E-state index contributed by atoms with van der Waals surface area (Å²) >= 11 is 0. The number of ether oxygens (including phenoxy) is 1. The molecule has 0 aliphatic rings. The van der Waals surface area contributed by atoms with Gasteiger partial charge in [0.05, 0.1) is 6.21 Å². The number of carbonyl (C=O) groups is 1. The normalized spacial score (nSPS) is 11.0. The Hall–Kier alpha value is -3.14. The van der Waals surface area contributed by atoms with Crippen molar-refractivity contribution < 1.29 is 9.53 Å². The molecule has 0 aromatic heterocycles. The fourth-order valence-corrected chi connectivity index (χ4v) is 2.69. The van der Waals surface area contributed by atoms with Gasteiger partial charge in [0.25, 0.3) is 0 Å². The molecule has 0 atom stereocenters. The summed E-state index contributed by atoms with van der Waals surface area (Å²) in [6.45, 7) is 3.96. The summed E-state index contributed by atoms with van der Waals surface area (Å²) in [5.41, 5.74) is 5.60. The molecule has 0 aliphatic heterocycles. The van der Waals surface area contributed by atoms with Crippen molar-refractivity contribution in [3.63, 3.8) is 0 Å². The van der Waals surface area contributed by atoms with E-state index >= 15 is 0 Å². The molecular weight excluding hydrogens is 312 g/mol. The van der Waals surface area contributed by atoms with Crippen molar-refractivity contribution in [3.05, 3.63) is 77.4 Å². The van der Waals surface area contributed by atoms with E-state index in [2.05, 4.69) is 29.6 Å². The van der Waals surface area contributed by atoms with Gasteiger partial charge in [0, 0.05) is 12.5 Å². The van der Waals surface area contributed by atoms with Crippen LogP contribution in [0.15, 0.2) is 65.8 Å². The predicted octanol–water partition coefficient (Wildman–Crippen LogP) is 4.20. The SMILES string of the molecule is CC(=O)N/N=C\c1c(OCc2cccc(C)c2)ccc2ccccc12. The first kappa shape index (κ1) is 16.7. The van der Waals surface area contributed by atoms with Gasteiger partial charge in [-0.3, -0.25) is 4.79 Å². The van der Waals surface area contributed by atoms with Crippen LogP contribution in [0.2, 0.25) is 0 Å². The minimum Gasteiger partial charge on any atom is -0.488 e. The average Bonchev–Trinajstić information content (AvgIpc) is 2.60. The average molecular weight is 332 g/mol. The zero-order valence-electron chi connectivity index (χ0n) is 14.3. The topological polar surface area (TPSA) is 50.7 Å². The first-order chi connectivity index (χ1) is 12.1. The first-order valence-corrected chi connectivity index (χ1v) is 8.13. The lowest BCUT2D eigenvalue weighted by Crippen LogP contribution is -2.12. The highest BCUT2D eigenvalue weighted by atomic mass is 16.5. The summed E-state index contributed by atoms with van der Waals surface area (Å²) in [5.74, 6) is 0.521. The van der Waals surface area contributed by atoms with Crippen molar-refractivity contribution in [3.8, 4) is 5.75 Å². The quantitative estimate of drug-likeness (QED) is 0.562. The molecule has 0 saturated carbocycles. The van der Waals surface area contributed by atoms with Gasteiger partial charge in [-0.1, -0.05) is 60.2 Å². The highest BCUT2D eigenvalue weighted by molar-refractivity contribution is 6.02. The van der Waals surface area contributed by atoms with E-state index in [0.29, 0.717) is 6.61 Å². The van der Waals surface area contributed by atoms with Crippen LogP contribution in [0.4, 0.5) is 0 Å². The number of rotatable bonds is 5. The van der Waals surface area contributed by atoms with Gasteiger partial charge in [0.2, 0.25) is 5.91 Å². The van der Waals surface area contributed by atoms with Gasteiger partial charge < -0.3 is 4.74 Å². The third-order valence-corrected chi connectivity index (χ3v) is 3.82. The molecular formula is C21H20N2O2. The Morgan fingerprint density at radius 2 is 1.96 bits per heavy atom. The smallest absolute Gasteiger partial charge is 0.236 e. The van der Waals surface area contributed by atoms with Crippen molar-refractivity contribution in [1.29, 1.82) is 0 Å². The van der Waals surface area contributed by atoms with Crippen LogP contribution in [-0.4, -0.2) is 12.1 Å². The van der Waals surface area contributed by atoms with Crippen LogP contribution in [0, 0.1) is 6.92 Å². The van der Waals surface area contributed by atoms with Crippen molar-refractivity contribution in [2.24, 2.45) is 5.10 Å². The number of hydrazone groups is 1. The molecule has 3 aromatic rings. The Morgan fingerprint density at radius 3 is 2.76 bits per heavy atom. The largest absolute Gasteiger partial charge is 0.488 e. The number of fused-ring (bicyclic) bond motifs is 1. The molecule has 0 bridgehead atoms.